The highest BCUT2D eigenvalue weighted by Gasteiger charge is 2.30. The Morgan fingerprint density at radius 1 is 1.33 bits per heavy atom. The van der Waals surface area contributed by atoms with Gasteiger partial charge in [-0.15, -0.1) is 0 Å². The van der Waals surface area contributed by atoms with Crippen molar-refractivity contribution in [3.63, 3.8) is 0 Å². The minimum atomic E-state index is -0.223. The van der Waals surface area contributed by atoms with Crippen LogP contribution < -0.4 is 0 Å². The molecule has 72 valence electrons. The second-order valence-electron chi connectivity index (χ2n) is 4.38. The molecule has 0 amide bonds. The Balaban J connectivity index is 2.35. The van der Waals surface area contributed by atoms with Crippen molar-refractivity contribution in [3.8, 4) is 0 Å². The molecular weight excluding hydrogens is 152 g/mol. The van der Waals surface area contributed by atoms with Crippen LogP contribution in [0.15, 0.2) is 0 Å². The monoisotopic (exact) mass is 172 g/mol. The first-order valence-corrected chi connectivity index (χ1v) is 4.87. The number of aliphatic hydroxyl groups excluding tert-OH is 1. The van der Waals surface area contributed by atoms with Crippen LogP contribution >= 0.6 is 0 Å². The molecule has 1 rings (SSSR count). The van der Waals surface area contributed by atoms with Crippen LogP contribution in [0.25, 0.3) is 0 Å². The summed E-state index contributed by atoms with van der Waals surface area (Å²) in [6.45, 7) is 7.93. The summed E-state index contributed by atoms with van der Waals surface area (Å²) < 4.78 is 5.22. The molecule has 0 aliphatic carbocycles. The second-order valence-corrected chi connectivity index (χ2v) is 4.38. The Morgan fingerprint density at radius 2 is 2.00 bits per heavy atom. The zero-order chi connectivity index (χ0) is 9.14. The molecule has 0 spiro atoms. The zero-order valence-corrected chi connectivity index (χ0v) is 8.29. The number of rotatable bonds is 3. The van der Waals surface area contributed by atoms with Crippen LogP contribution in [0.5, 0.6) is 0 Å². The summed E-state index contributed by atoms with van der Waals surface area (Å²) in [5, 5.41) is 9.55. The van der Waals surface area contributed by atoms with Gasteiger partial charge in [-0.05, 0) is 18.3 Å². The number of hydrogen-bond donors (Lipinski definition) is 1. The summed E-state index contributed by atoms with van der Waals surface area (Å²) in [5.74, 6) is 1.67. The van der Waals surface area contributed by atoms with Crippen molar-refractivity contribution in [2.24, 2.45) is 17.8 Å². The van der Waals surface area contributed by atoms with Gasteiger partial charge in [0.25, 0.3) is 0 Å². The summed E-state index contributed by atoms with van der Waals surface area (Å²) in [4.78, 5) is 0. The molecule has 1 saturated heterocycles. The Kier molecular flexibility index (Phi) is 3.53. The molecule has 2 nitrogen and oxygen atoms in total. The van der Waals surface area contributed by atoms with E-state index in [1.807, 2.05) is 0 Å². The fraction of sp³-hybridized carbons (Fsp3) is 1.00. The van der Waals surface area contributed by atoms with Crippen LogP contribution in [0.1, 0.15) is 27.2 Å². The summed E-state index contributed by atoms with van der Waals surface area (Å²) in [7, 11) is 0. The molecule has 1 aliphatic heterocycles. The molecule has 3 unspecified atom stereocenters. The average Bonchev–Trinajstić information content (AvgIpc) is 2.33. The van der Waals surface area contributed by atoms with Crippen molar-refractivity contribution in [2.75, 3.05) is 13.2 Å². The first kappa shape index (κ1) is 10.0. The molecule has 0 bridgehead atoms. The van der Waals surface area contributed by atoms with E-state index in [0.717, 1.165) is 6.61 Å². The topological polar surface area (TPSA) is 29.5 Å². The van der Waals surface area contributed by atoms with Crippen LogP contribution in [0.4, 0.5) is 0 Å². The fourth-order valence-electron chi connectivity index (χ4n) is 2.02. The van der Waals surface area contributed by atoms with E-state index in [2.05, 4.69) is 20.8 Å². The summed E-state index contributed by atoms with van der Waals surface area (Å²) >= 11 is 0. The quantitative estimate of drug-likeness (QED) is 0.701. The van der Waals surface area contributed by atoms with Gasteiger partial charge in [-0.1, -0.05) is 20.8 Å². The van der Waals surface area contributed by atoms with E-state index in [1.165, 1.54) is 6.42 Å². The van der Waals surface area contributed by atoms with Gasteiger partial charge in [-0.3, -0.25) is 0 Å². The van der Waals surface area contributed by atoms with Crippen molar-refractivity contribution in [1.29, 1.82) is 0 Å². The van der Waals surface area contributed by atoms with E-state index in [9.17, 15) is 5.11 Å². The first-order chi connectivity index (χ1) is 5.61. The van der Waals surface area contributed by atoms with E-state index in [1.54, 1.807) is 0 Å². The van der Waals surface area contributed by atoms with Gasteiger partial charge in [0.1, 0.15) is 0 Å². The van der Waals surface area contributed by atoms with Gasteiger partial charge in [0, 0.05) is 5.92 Å². The number of hydrogen-bond acceptors (Lipinski definition) is 2. The molecule has 2 heteroatoms. The molecule has 1 aliphatic rings. The highest BCUT2D eigenvalue weighted by atomic mass is 16.5. The average molecular weight is 172 g/mol. The lowest BCUT2D eigenvalue weighted by molar-refractivity contribution is 0.103. The lowest BCUT2D eigenvalue weighted by Crippen LogP contribution is -2.25. The van der Waals surface area contributed by atoms with Gasteiger partial charge >= 0.3 is 0 Å². The molecule has 1 N–H and O–H groups in total. The predicted octanol–water partition coefficient (Wildman–Crippen LogP) is 1.68. The van der Waals surface area contributed by atoms with E-state index < -0.39 is 0 Å². The van der Waals surface area contributed by atoms with Crippen molar-refractivity contribution in [1.82, 2.24) is 0 Å². The van der Waals surface area contributed by atoms with E-state index in [-0.39, 0.29) is 6.10 Å². The van der Waals surface area contributed by atoms with Crippen LogP contribution in [-0.2, 0) is 4.74 Å². The maximum absolute atomic E-state index is 9.55. The van der Waals surface area contributed by atoms with Crippen molar-refractivity contribution < 1.29 is 9.84 Å². The van der Waals surface area contributed by atoms with Crippen LogP contribution in [-0.4, -0.2) is 24.4 Å². The van der Waals surface area contributed by atoms with E-state index in [0.29, 0.717) is 24.4 Å². The Labute approximate surface area is 74.9 Å². The molecule has 0 aromatic rings. The Morgan fingerprint density at radius 3 is 2.42 bits per heavy atom. The predicted molar refractivity (Wildman–Crippen MR) is 48.9 cm³/mol. The minimum absolute atomic E-state index is 0.223. The van der Waals surface area contributed by atoms with Crippen LogP contribution in [0.3, 0.4) is 0 Å². The molecule has 1 heterocycles. The molecule has 12 heavy (non-hydrogen) atoms. The largest absolute Gasteiger partial charge is 0.390 e. The van der Waals surface area contributed by atoms with Gasteiger partial charge in [-0.25, -0.2) is 0 Å². The maximum Gasteiger partial charge on any atom is 0.0826 e. The SMILES string of the molecule is CC(C)CC(C)C1COCC1O. The van der Waals surface area contributed by atoms with Gasteiger partial charge in [0.15, 0.2) is 0 Å². The first-order valence-electron chi connectivity index (χ1n) is 4.87. The standard InChI is InChI=1S/C10H20O2/c1-7(2)4-8(3)9-5-12-6-10(9)11/h7-11H,4-6H2,1-3H3. The molecule has 0 saturated carbocycles. The van der Waals surface area contributed by atoms with Crippen LogP contribution in [0.2, 0.25) is 0 Å². The second kappa shape index (κ2) is 4.24. The molecule has 3 atom stereocenters. The lowest BCUT2D eigenvalue weighted by atomic mass is 9.85. The van der Waals surface area contributed by atoms with Crippen molar-refractivity contribution in [2.45, 2.75) is 33.3 Å². The highest BCUT2D eigenvalue weighted by molar-refractivity contribution is 4.78. The third-order valence-electron chi connectivity index (χ3n) is 2.67. The third kappa shape index (κ3) is 2.46. The molecule has 0 aromatic carbocycles. The summed E-state index contributed by atoms with van der Waals surface area (Å²) in [6.07, 6.45) is 0.962. The van der Waals surface area contributed by atoms with Crippen molar-refractivity contribution >= 4 is 0 Å². The summed E-state index contributed by atoms with van der Waals surface area (Å²) in [5.41, 5.74) is 0. The Bertz CT molecular complexity index is 134. The van der Waals surface area contributed by atoms with E-state index >= 15 is 0 Å². The van der Waals surface area contributed by atoms with Crippen molar-refractivity contribution in [3.05, 3.63) is 0 Å². The van der Waals surface area contributed by atoms with Gasteiger partial charge in [0.05, 0.1) is 19.3 Å². The van der Waals surface area contributed by atoms with Gasteiger partial charge < -0.3 is 9.84 Å². The maximum atomic E-state index is 9.55. The molecule has 0 radical (unpaired) electrons. The molecule has 0 aromatic heterocycles. The number of ether oxygens (including phenoxy) is 1. The molecule has 1 fully saturated rings. The highest BCUT2D eigenvalue weighted by Crippen LogP contribution is 2.27. The third-order valence-corrected chi connectivity index (χ3v) is 2.67. The van der Waals surface area contributed by atoms with Crippen LogP contribution in [0, 0.1) is 17.8 Å². The van der Waals surface area contributed by atoms with Gasteiger partial charge in [0.2, 0.25) is 0 Å². The lowest BCUT2D eigenvalue weighted by Gasteiger charge is -2.22. The normalized spacial score (nSPS) is 32.8. The minimum Gasteiger partial charge on any atom is -0.390 e. The molecular formula is C10H20O2. The summed E-state index contributed by atoms with van der Waals surface area (Å²) in [6, 6.07) is 0. The Hall–Kier alpha value is -0.0800. The fourth-order valence-corrected chi connectivity index (χ4v) is 2.02. The van der Waals surface area contributed by atoms with Gasteiger partial charge in [-0.2, -0.15) is 0 Å². The zero-order valence-electron chi connectivity index (χ0n) is 8.29. The number of aliphatic hydroxyl groups is 1. The van der Waals surface area contributed by atoms with E-state index in [4.69, 9.17) is 4.74 Å². The smallest absolute Gasteiger partial charge is 0.0826 e.